The van der Waals surface area contributed by atoms with Gasteiger partial charge in [0.2, 0.25) is 0 Å². The first-order valence-electron chi connectivity index (χ1n) is 3.77. The monoisotopic (exact) mass is 172 g/mol. The van der Waals surface area contributed by atoms with Crippen LogP contribution in [0.25, 0.3) is 5.57 Å². The molecule has 0 aromatic carbocycles. The van der Waals surface area contributed by atoms with Gasteiger partial charge in [0.05, 0.1) is 5.69 Å². The predicted octanol–water partition coefficient (Wildman–Crippen LogP) is 2.79. The van der Waals surface area contributed by atoms with E-state index in [1.165, 1.54) is 0 Å². The maximum Gasteiger partial charge on any atom is 0.141 e. The third-order valence-electron chi connectivity index (χ3n) is 1.30. The smallest absolute Gasteiger partial charge is 0.141 e. The highest BCUT2D eigenvalue weighted by atomic mass is 14.7. The molecule has 0 saturated carbocycles. The third-order valence-corrected chi connectivity index (χ3v) is 1.30. The van der Waals surface area contributed by atoms with Crippen molar-refractivity contribution in [3.05, 3.63) is 49.3 Å². The van der Waals surface area contributed by atoms with Gasteiger partial charge in [0.1, 0.15) is 11.8 Å². The van der Waals surface area contributed by atoms with Gasteiger partial charge in [-0.1, -0.05) is 12.6 Å². The van der Waals surface area contributed by atoms with E-state index in [1.54, 1.807) is 12.1 Å². The van der Waals surface area contributed by atoms with Crippen molar-refractivity contribution in [2.45, 2.75) is 6.92 Å². The molecule has 1 aromatic heterocycles. The zero-order valence-electron chi connectivity index (χ0n) is 7.75. The molecule has 0 bridgehead atoms. The van der Waals surface area contributed by atoms with E-state index in [4.69, 9.17) is 5.26 Å². The molecule has 13 heavy (non-hydrogen) atoms. The Hall–Kier alpha value is -1.88. The molecule has 0 unspecified atom stereocenters. The number of pyridine rings is 1. The number of aromatic nitrogens is 1. The molecule has 0 atom stereocenters. The van der Waals surface area contributed by atoms with Gasteiger partial charge in [-0.05, 0) is 24.6 Å². The minimum Gasteiger partial charge on any atom is -0.237 e. The van der Waals surface area contributed by atoms with Crippen LogP contribution < -0.4 is 0 Å². The highest BCUT2D eigenvalue weighted by Gasteiger charge is 1.95. The number of allylic oxidation sites excluding steroid dienone is 1. The summed E-state index contributed by atoms with van der Waals surface area (Å²) in [5, 5.41) is 8.50. The van der Waals surface area contributed by atoms with Crippen LogP contribution >= 0.6 is 0 Å². The fraction of sp³-hybridized carbons (Fsp3) is 0.0909. The molecule has 0 aliphatic carbocycles. The normalized spacial score (nSPS) is 7.69. The van der Waals surface area contributed by atoms with Crippen LogP contribution in [-0.4, -0.2) is 4.98 Å². The minimum absolute atomic E-state index is 0.436. The summed E-state index contributed by atoms with van der Waals surface area (Å²) in [5.74, 6) is 0. The first-order chi connectivity index (χ1) is 6.24. The molecule has 2 nitrogen and oxygen atoms in total. The maximum absolute atomic E-state index is 8.50. The molecule has 1 heterocycles. The Balaban J connectivity index is 0.000000671. The highest BCUT2D eigenvalue weighted by Crippen LogP contribution is 2.07. The van der Waals surface area contributed by atoms with Gasteiger partial charge in [-0.2, -0.15) is 5.26 Å². The molecule has 0 N–H and O–H groups in total. The van der Waals surface area contributed by atoms with E-state index < -0.39 is 0 Å². The average molecular weight is 172 g/mol. The fourth-order valence-electron chi connectivity index (χ4n) is 0.735. The zero-order valence-corrected chi connectivity index (χ0v) is 7.75. The summed E-state index contributed by atoms with van der Waals surface area (Å²) in [6, 6.07) is 7.28. The van der Waals surface area contributed by atoms with Crippen molar-refractivity contribution in [3.63, 3.8) is 0 Å². The number of hydrogen-bond donors (Lipinski definition) is 0. The minimum atomic E-state index is 0.436. The zero-order chi connectivity index (χ0) is 10.3. The quantitative estimate of drug-likeness (QED) is 0.611. The van der Waals surface area contributed by atoms with Crippen molar-refractivity contribution in [3.8, 4) is 6.07 Å². The van der Waals surface area contributed by atoms with Crippen LogP contribution in [0.1, 0.15) is 18.3 Å². The Morgan fingerprint density at radius 1 is 1.46 bits per heavy atom. The summed E-state index contributed by atoms with van der Waals surface area (Å²) >= 11 is 0. The first-order valence-corrected chi connectivity index (χ1v) is 3.77. The van der Waals surface area contributed by atoms with E-state index in [0.29, 0.717) is 5.69 Å². The van der Waals surface area contributed by atoms with Crippen LogP contribution in [0.4, 0.5) is 0 Å². The molecule has 0 aliphatic heterocycles. The maximum atomic E-state index is 8.50. The van der Waals surface area contributed by atoms with Crippen LogP contribution in [0.2, 0.25) is 0 Å². The van der Waals surface area contributed by atoms with Gasteiger partial charge in [-0.25, -0.2) is 4.98 Å². The molecular formula is C11H12N2. The first kappa shape index (κ1) is 11.1. The molecular weight excluding hydrogens is 160 g/mol. The SMILES string of the molecule is C=C.C=C(C)c1cccc(C#N)n1. The molecule has 66 valence electrons. The van der Waals surface area contributed by atoms with Gasteiger partial charge in [0, 0.05) is 0 Å². The van der Waals surface area contributed by atoms with Crippen LogP contribution in [0.15, 0.2) is 37.9 Å². The number of rotatable bonds is 1. The molecule has 1 rings (SSSR count). The number of nitrogens with zero attached hydrogens (tertiary/aromatic N) is 2. The lowest BCUT2D eigenvalue weighted by molar-refractivity contribution is 1.22. The van der Waals surface area contributed by atoms with E-state index in [2.05, 4.69) is 24.7 Å². The van der Waals surface area contributed by atoms with Gasteiger partial charge in [-0.15, -0.1) is 13.2 Å². The van der Waals surface area contributed by atoms with Gasteiger partial charge >= 0.3 is 0 Å². The van der Waals surface area contributed by atoms with E-state index in [0.717, 1.165) is 11.3 Å². The second-order valence-electron chi connectivity index (χ2n) is 2.30. The standard InChI is InChI=1S/C9H8N2.C2H4/c1-7(2)9-5-3-4-8(6-10)11-9;1-2/h3-5H,1H2,2H3;1-2H2. The Labute approximate surface area is 78.9 Å². The topological polar surface area (TPSA) is 36.7 Å². The van der Waals surface area contributed by atoms with Crippen LogP contribution in [0, 0.1) is 11.3 Å². The molecule has 0 fully saturated rings. The van der Waals surface area contributed by atoms with E-state index >= 15 is 0 Å². The van der Waals surface area contributed by atoms with Crippen LogP contribution in [-0.2, 0) is 0 Å². The van der Waals surface area contributed by atoms with E-state index in [1.807, 2.05) is 19.1 Å². The summed E-state index contributed by atoms with van der Waals surface area (Å²) < 4.78 is 0. The van der Waals surface area contributed by atoms with Crippen molar-refractivity contribution in [1.29, 1.82) is 5.26 Å². The van der Waals surface area contributed by atoms with Crippen molar-refractivity contribution >= 4 is 5.57 Å². The summed E-state index contributed by atoms with van der Waals surface area (Å²) in [4.78, 5) is 4.03. The Morgan fingerprint density at radius 3 is 2.54 bits per heavy atom. The van der Waals surface area contributed by atoms with Gasteiger partial charge in [0.15, 0.2) is 0 Å². The predicted molar refractivity (Wildman–Crippen MR) is 54.9 cm³/mol. The Bertz CT molecular complexity index is 334. The molecule has 0 amide bonds. The molecule has 0 saturated heterocycles. The Morgan fingerprint density at radius 2 is 2.08 bits per heavy atom. The summed E-state index contributed by atoms with van der Waals surface area (Å²) in [6.07, 6.45) is 0. The number of hydrogen-bond acceptors (Lipinski definition) is 2. The van der Waals surface area contributed by atoms with E-state index in [-0.39, 0.29) is 0 Å². The molecule has 2 heteroatoms. The molecule has 0 aliphatic rings. The molecule has 0 radical (unpaired) electrons. The largest absolute Gasteiger partial charge is 0.237 e. The molecule has 0 spiro atoms. The summed E-state index contributed by atoms with van der Waals surface area (Å²) in [5.41, 5.74) is 2.09. The lowest BCUT2D eigenvalue weighted by Crippen LogP contribution is -1.87. The van der Waals surface area contributed by atoms with Crippen LogP contribution in [0.3, 0.4) is 0 Å². The van der Waals surface area contributed by atoms with E-state index in [9.17, 15) is 0 Å². The Kier molecular flexibility index (Phi) is 4.90. The lowest BCUT2D eigenvalue weighted by atomic mass is 10.2. The fourth-order valence-corrected chi connectivity index (χ4v) is 0.735. The van der Waals surface area contributed by atoms with Crippen molar-refractivity contribution in [2.75, 3.05) is 0 Å². The third kappa shape index (κ3) is 3.35. The van der Waals surface area contributed by atoms with Crippen molar-refractivity contribution < 1.29 is 0 Å². The molecule has 1 aromatic rings. The van der Waals surface area contributed by atoms with Crippen molar-refractivity contribution in [1.82, 2.24) is 4.98 Å². The average Bonchev–Trinajstić information content (AvgIpc) is 2.21. The van der Waals surface area contributed by atoms with Gasteiger partial charge in [-0.3, -0.25) is 0 Å². The highest BCUT2D eigenvalue weighted by molar-refractivity contribution is 5.57. The van der Waals surface area contributed by atoms with Gasteiger partial charge in [0.25, 0.3) is 0 Å². The number of nitriles is 1. The van der Waals surface area contributed by atoms with Crippen molar-refractivity contribution in [2.24, 2.45) is 0 Å². The summed E-state index contributed by atoms with van der Waals surface area (Å²) in [7, 11) is 0. The van der Waals surface area contributed by atoms with Gasteiger partial charge < -0.3 is 0 Å². The van der Waals surface area contributed by atoms with Crippen LogP contribution in [0.5, 0.6) is 0 Å². The second kappa shape index (κ2) is 5.73. The summed E-state index contributed by atoms with van der Waals surface area (Å²) in [6.45, 7) is 11.6. The lowest BCUT2D eigenvalue weighted by Gasteiger charge is -1.96. The second-order valence-corrected chi connectivity index (χ2v) is 2.30.